The lowest BCUT2D eigenvalue weighted by atomic mass is 10.0. The van der Waals surface area contributed by atoms with Gasteiger partial charge in [-0.3, -0.25) is 4.79 Å². The highest BCUT2D eigenvalue weighted by Gasteiger charge is 2.36. The summed E-state index contributed by atoms with van der Waals surface area (Å²) < 4.78 is 41.0. The van der Waals surface area contributed by atoms with Crippen LogP contribution in [0, 0.1) is 12.7 Å². The van der Waals surface area contributed by atoms with E-state index in [2.05, 4.69) is 10.6 Å². The van der Waals surface area contributed by atoms with E-state index in [0.29, 0.717) is 5.56 Å². The van der Waals surface area contributed by atoms with E-state index in [9.17, 15) is 18.0 Å². The number of rotatable bonds is 4. The first-order chi connectivity index (χ1) is 10.2. The van der Waals surface area contributed by atoms with Crippen LogP contribution in [-0.4, -0.2) is 18.1 Å². The molecule has 0 fully saturated rings. The van der Waals surface area contributed by atoms with Crippen molar-refractivity contribution >= 4 is 20.8 Å². The summed E-state index contributed by atoms with van der Waals surface area (Å²) in [5.74, 6) is -1.56. The molecule has 0 saturated carbocycles. The van der Waals surface area contributed by atoms with Gasteiger partial charge in [-0.1, -0.05) is 15.3 Å². The SMILES string of the molecule is Cc1ccc(NC2=C(C(N)=O)C(C(F)(F)P)=CNC2)c(F)c1. The minimum absolute atomic E-state index is 0.0514. The van der Waals surface area contributed by atoms with E-state index in [1.54, 1.807) is 13.0 Å². The summed E-state index contributed by atoms with van der Waals surface area (Å²) in [5.41, 5.74) is 1.85. The first kappa shape index (κ1) is 16.4. The van der Waals surface area contributed by atoms with Crippen molar-refractivity contribution in [3.05, 3.63) is 52.6 Å². The third-order valence-electron chi connectivity index (χ3n) is 3.11. The minimum atomic E-state index is -3.34. The summed E-state index contributed by atoms with van der Waals surface area (Å²) in [5, 5.41) is 5.29. The summed E-state index contributed by atoms with van der Waals surface area (Å²) in [7, 11) is 1.35. The number of halogens is 3. The van der Waals surface area contributed by atoms with Crippen molar-refractivity contribution in [2.24, 2.45) is 5.73 Å². The van der Waals surface area contributed by atoms with Crippen LogP contribution < -0.4 is 16.4 Å². The summed E-state index contributed by atoms with van der Waals surface area (Å²) in [6.07, 6.45) is 1.03. The molecule has 0 aliphatic carbocycles. The summed E-state index contributed by atoms with van der Waals surface area (Å²) in [4.78, 5) is 11.6. The van der Waals surface area contributed by atoms with Gasteiger partial charge in [-0.25, -0.2) is 4.39 Å². The lowest BCUT2D eigenvalue weighted by Crippen LogP contribution is -2.33. The highest BCUT2D eigenvalue weighted by Crippen LogP contribution is 2.37. The maximum atomic E-state index is 13.9. The highest BCUT2D eigenvalue weighted by atomic mass is 31.0. The standard InChI is InChI=1S/C14H15F3N3OP/c1-7-2-3-10(9(15)4-7)20-11-6-19-5-8(14(16,17)22)12(11)13(18)21/h2-5,19-20H,6,22H2,1H3,(H2,18,21). The van der Waals surface area contributed by atoms with Crippen molar-refractivity contribution in [2.45, 2.75) is 12.6 Å². The van der Waals surface area contributed by atoms with Gasteiger partial charge in [-0.05, 0) is 24.6 Å². The van der Waals surface area contributed by atoms with Crippen LogP contribution in [0.3, 0.4) is 0 Å². The van der Waals surface area contributed by atoms with Crippen LogP contribution in [0.2, 0.25) is 0 Å². The molecule has 0 radical (unpaired) electrons. The number of anilines is 1. The molecule has 118 valence electrons. The second kappa shape index (κ2) is 6.01. The highest BCUT2D eigenvalue weighted by molar-refractivity contribution is 7.18. The van der Waals surface area contributed by atoms with Crippen LogP contribution in [0.25, 0.3) is 0 Å². The Morgan fingerprint density at radius 2 is 2.14 bits per heavy atom. The minimum Gasteiger partial charge on any atom is -0.385 e. The fourth-order valence-corrected chi connectivity index (χ4v) is 2.34. The molecule has 4 N–H and O–H groups in total. The number of benzene rings is 1. The monoisotopic (exact) mass is 329 g/mol. The number of alkyl halides is 2. The third kappa shape index (κ3) is 3.42. The fourth-order valence-electron chi connectivity index (χ4n) is 2.11. The van der Waals surface area contributed by atoms with Gasteiger partial charge >= 0.3 is 0 Å². The number of amides is 1. The zero-order chi connectivity index (χ0) is 16.5. The van der Waals surface area contributed by atoms with E-state index < -0.39 is 23.0 Å². The maximum Gasteiger partial charge on any atom is 0.286 e. The van der Waals surface area contributed by atoms with Crippen LogP contribution in [0.4, 0.5) is 18.9 Å². The predicted octanol–water partition coefficient (Wildman–Crippen LogP) is 2.24. The molecule has 0 saturated heterocycles. The summed E-state index contributed by atoms with van der Waals surface area (Å²) >= 11 is 0. The largest absolute Gasteiger partial charge is 0.385 e. The summed E-state index contributed by atoms with van der Waals surface area (Å²) in [6, 6.07) is 4.42. The molecule has 0 spiro atoms. The molecule has 0 aromatic heterocycles. The number of primary amides is 1. The van der Waals surface area contributed by atoms with Crippen LogP contribution >= 0.6 is 9.24 Å². The Morgan fingerprint density at radius 1 is 1.45 bits per heavy atom. The van der Waals surface area contributed by atoms with Crippen LogP contribution in [-0.2, 0) is 4.79 Å². The maximum absolute atomic E-state index is 13.9. The second-order valence-electron chi connectivity index (χ2n) is 4.89. The van der Waals surface area contributed by atoms with Gasteiger partial charge < -0.3 is 16.4 Å². The lowest BCUT2D eigenvalue weighted by molar-refractivity contribution is -0.114. The van der Waals surface area contributed by atoms with E-state index in [1.807, 2.05) is 0 Å². The number of nitrogens with two attached hydrogens (primary N) is 1. The Morgan fingerprint density at radius 3 is 2.68 bits per heavy atom. The number of carbonyl (C=O) groups excluding carboxylic acids is 1. The first-order valence-electron chi connectivity index (χ1n) is 6.37. The van der Waals surface area contributed by atoms with Gasteiger partial charge in [0.25, 0.3) is 11.6 Å². The molecule has 1 aliphatic rings. The molecule has 1 aliphatic heterocycles. The molecule has 1 amide bonds. The van der Waals surface area contributed by atoms with E-state index in [1.165, 1.54) is 21.4 Å². The van der Waals surface area contributed by atoms with Crippen molar-refractivity contribution in [3.8, 4) is 0 Å². The van der Waals surface area contributed by atoms with E-state index >= 15 is 0 Å². The molecule has 1 heterocycles. The first-order valence-corrected chi connectivity index (χ1v) is 6.95. The molecule has 0 bridgehead atoms. The zero-order valence-corrected chi connectivity index (χ0v) is 12.9. The molecular formula is C14H15F3N3OP. The Bertz CT molecular complexity index is 680. The Labute approximate surface area is 127 Å². The number of dihydropyridines is 1. The molecule has 22 heavy (non-hydrogen) atoms. The fraction of sp³-hybridized carbons (Fsp3) is 0.214. The molecule has 4 nitrogen and oxygen atoms in total. The summed E-state index contributed by atoms with van der Waals surface area (Å²) in [6.45, 7) is 1.77. The van der Waals surface area contributed by atoms with Crippen molar-refractivity contribution in [3.63, 3.8) is 0 Å². The zero-order valence-electron chi connectivity index (χ0n) is 11.7. The van der Waals surface area contributed by atoms with Crippen LogP contribution in [0.5, 0.6) is 0 Å². The normalized spacial score (nSPS) is 15.2. The number of nitrogens with one attached hydrogen (secondary N) is 2. The van der Waals surface area contributed by atoms with Crippen LogP contribution in [0.15, 0.2) is 41.2 Å². The molecule has 1 unspecified atom stereocenters. The van der Waals surface area contributed by atoms with E-state index in [4.69, 9.17) is 5.73 Å². The Balaban J connectivity index is 2.46. The number of hydrogen-bond donors (Lipinski definition) is 3. The van der Waals surface area contributed by atoms with Gasteiger partial charge in [-0.2, -0.15) is 8.78 Å². The average Bonchev–Trinajstić information content (AvgIpc) is 2.40. The lowest BCUT2D eigenvalue weighted by Gasteiger charge is -2.25. The average molecular weight is 329 g/mol. The Kier molecular flexibility index (Phi) is 4.47. The Hall–Kier alpha value is -2.01. The van der Waals surface area contributed by atoms with E-state index in [0.717, 1.165) is 6.20 Å². The molecule has 1 aromatic carbocycles. The molecule has 8 heteroatoms. The van der Waals surface area contributed by atoms with Gasteiger partial charge in [0.15, 0.2) is 0 Å². The quantitative estimate of drug-likeness (QED) is 0.742. The van der Waals surface area contributed by atoms with Crippen molar-refractivity contribution in [1.29, 1.82) is 0 Å². The smallest absolute Gasteiger partial charge is 0.286 e. The second-order valence-corrected chi connectivity index (χ2v) is 5.61. The van der Waals surface area contributed by atoms with Crippen molar-refractivity contribution in [1.82, 2.24) is 5.32 Å². The van der Waals surface area contributed by atoms with Crippen LogP contribution in [0.1, 0.15) is 5.56 Å². The topological polar surface area (TPSA) is 67.1 Å². The molecule has 1 aromatic rings. The molecule has 2 rings (SSSR count). The van der Waals surface area contributed by atoms with Gasteiger partial charge in [-0.15, -0.1) is 0 Å². The van der Waals surface area contributed by atoms with Gasteiger partial charge in [0.2, 0.25) is 0 Å². The number of hydrogen-bond acceptors (Lipinski definition) is 3. The van der Waals surface area contributed by atoms with E-state index in [-0.39, 0.29) is 23.5 Å². The predicted molar refractivity (Wildman–Crippen MR) is 81.7 cm³/mol. The molecule has 1 atom stereocenters. The van der Waals surface area contributed by atoms with Crippen molar-refractivity contribution < 1.29 is 18.0 Å². The number of aryl methyl sites for hydroxylation is 1. The number of carbonyl (C=O) groups is 1. The van der Waals surface area contributed by atoms with Gasteiger partial charge in [0.05, 0.1) is 23.4 Å². The molecular weight excluding hydrogens is 314 g/mol. The van der Waals surface area contributed by atoms with Gasteiger partial charge in [0, 0.05) is 11.9 Å². The van der Waals surface area contributed by atoms with Gasteiger partial charge in [0.1, 0.15) is 5.82 Å². The third-order valence-corrected chi connectivity index (χ3v) is 3.42. The van der Waals surface area contributed by atoms with Crippen molar-refractivity contribution in [2.75, 3.05) is 11.9 Å².